The second-order valence-electron chi connectivity index (χ2n) is 4.30. The van der Waals surface area contributed by atoms with Gasteiger partial charge in [-0.2, -0.15) is 0 Å². The van der Waals surface area contributed by atoms with Gasteiger partial charge in [0.25, 0.3) is 5.91 Å². The third-order valence-corrected chi connectivity index (χ3v) is 4.64. The van der Waals surface area contributed by atoms with Crippen molar-refractivity contribution < 1.29 is 9.59 Å². The summed E-state index contributed by atoms with van der Waals surface area (Å²) in [6, 6.07) is 3.63. The summed E-state index contributed by atoms with van der Waals surface area (Å²) in [6.45, 7) is 5.71. The Labute approximate surface area is 125 Å². The molecule has 2 N–H and O–H groups in total. The summed E-state index contributed by atoms with van der Waals surface area (Å²) in [7, 11) is 0. The van der Waals surface area contributed by atoms with E-state index in [2.05, 4.69) is 15.6 Å². The fourth-order valence-corrected chi connectivity index (χ4v) is 3.11. The molecule has 0 aliphatic rings. The molecule has 0 aliphatic carbocycles. The van der Waals surface area contributed by atoms with Crippen LogP contribution in [-0.4, -0.2) is 23.3 Å². The van der Waals surface area contributed by atoms with E-state index in [0.717, 1.165) is 15.4 Å². The van der Waals surface area contributed by atoms with Crippen LogP contribution in [0.4, 0.5) is 5.13 Å². The van der Waals surface area contributed by atoms with Gasteiger partial charge in [0.2, 0.25) is 5.91 Å². The molecule has 0 saturated carbocycles. The molecular formula is C13H15N3O2S2. The lowest BCUT2D eigenvalue weighted by molar-refractivity contribution is -0.115. The first-order valence-corrected chi connectivity index (χ1v) is 7.67. The zero-order valence-electron chi connectivity index (χ0n) is 11.4. The van der Waals surface area contributed by atoms with Crippen LogP contribution in [0.1, 0.15) is 25.1 Å². The maximum absolute atomic E-state index is 11.8. The van der Waals surface area contributed by atoms with Gasteiger partial charge in [-0.3, -0.25) is 9.59 Å². The van der Waals surface area contributed by atoms with Gasteiger partial charge in [0.1, 0.15) is 0 Å². The van der Waals surface area contributed by atoms with Crippen LogP contribution in [0.25, 0.3) is 0 Å². The molecular weight excluding hydrogens is 294 g/mol. The average Bonchev–Trinajstić information content (AvgIpc) is 2.94. The van der Waals surface area contributed by atoms with Crippen molar-refractivity contribution in [1.82, 2.24) is 10.3 Å². The summed E-state index contributed by atoms with van der Waals surface area (Å²) in [5.41, 5.74) is 0.906. The van der Waals surface area contributed by atoms with E-state index in [1.807, 2.05) is 26.8 Å². The van der Waals surface area contributed by atoms with Crippen molar-refractivity contribution in [3.05, 3.63) is 32.5 Å². The summed E-state index contributed by atoms with van der Waals surface area (Å²) >= 11 is 2.83. The number of nitrogens with zero attached hydrogens (tertiary/aromatic N) is 1. The maximum atomic E-state index is 11.8. The topological polar surface area (TPSA) is 71.1 Å². The molecule has 2 heterocycles. The molecule has 0 bridgehead atoms. The molecule has 0 aromatic carbocycles. The first-order chi connectivity index (χ1) is 9.45. The van der Waals surface area contributed by atoms with E-state index in [-0.39, 0.29) is 18.4 Å². The van der Waals surface area contributed by atoms with Gasteiger partial charge in [-0.15, -0.1) is 22.7 Å². The Kier molecular flexibility index (Phi) is 4.51. The maximum Gasteiger partial charge on any atom is 0.261 e. The predicted octanol–water partition coefficient (Wildman–Crippen LogP) is 2.50. The Morgan fingerprint density at radius 1 is 1.20 bits per heavy atom. The number of aromatic nitrogens is 1. The van der Waals surface area contributed by atoms with E-state index in [1.165, 1.54) is 22.7 Å². The number of anilines is 1. The van der Waals surface area contributed by atoms with Crippen molar-refractivity contribution in [1.29, 1.82) is 0 Å². The molecule has 0 aliphatic heterocycles. The zero-order valence-corrected chi connectivity index (χ0v) is 13.1. The van der Waals surface area contributed by atoms with E-state index < -0.39 is 0 Å². The number of carbonyl (C=O) groups is 2. The van der Waals surface area contributed by atoms with Crippen molar-refractivity contribution in [2.45, 2.75) is 20.8 Å². The highest BCUT2D eigenvalue weighted by Gasteiger charge is 2.11. The summed E-state index contributed by atoms with van der Waals surface area (Å²) in [5, 5.41) is 5.82. The quantitative estimate of drug-likeness (QED) is 0.911. The molecule has 20 heavy (non-hydrogen) atoms. The van der Waals surface area contributed by atoms with E-state index in [4.69, 9.17) is 0 Å². The van der Waals surface area contributed by atoms with Crippen molar-refractivity contribution in [2.24, 2.45) is 0 Å². The van der Waals surface area contributed by atoms with Crippen LogP contribution in [0.15, 0.2) is 12.1 Å². The van der Waals surface area contributed by atoms with Gasteiger partial charge in [0, 0.05) is 9.75 Å². The molecule has 7 heteroatoms. The Hall–Kier alpha value is -1.73. The van der Waals surface area contributed by atoms with Crippen LogP contribution in [0.5, 0.6) is 0 Å². The minimum atomic E-state index is -0.277. The van der Waals surface area contributed by atoms with Gasteiger partial charge in [-0.05, 0) is 32.9 Å². The summed E-state index contributed by atoms with van der Waals surface area (Å²) < 4.78 is 0. The number of hydrogen-bond acceptors (Lipinski definition) is 5. The van der Waals surface area contributed by atoms with Gasteiger partial charge < -0.3 is 10.6 Å². The van der Waals surface area contributed by atoms with Gasteiger partial charge in [0.15, 0.2) is 5.13 Å². The largest absolute Gasteiger partial charge is 0.342 e. The normalized spacial score (nSPS) is 10.3. The molecule has 0 atom stereocenters. The number of amides is 2. The fourth-order valence-electron chi connectivity index (χ4n) is 1.49. The molecule has 2 aromatic rings. The lowest BCUT2D eigenvalue weighted by Gasteiger charge is -2.03. The number of aryl methyl sites for hydroxylation is 3. The molecule has 2 amide bonds. The standard InChI is InChI=1S/C13H15N3O2S2/c1-7-4-5-10(19-7)12(18)14-6-11(17)16-13-15-8(2)9(3)20-13/h4-5H,6H2,1-3H3,(H,14,18)(H,15,16,17). The lowest BCUT2D eigenvalue weighted by Crippen LogP contribution is -2.32. The van der Waals surface area contributed by atoms with Crippen LogP contribution in [0, 0.1) is 20.8 Å². The third kappa shape index (κ3) is 3.64. The molecule has 0 radical (unpaired) electrons. The molecule has 0 unspecified atom stereocenters. The Morgan fingerprint density at radius 2 is 1.95 bits per heavy atom. The highest BCUT2D eigenvalue weighted by atomic mass is 32.1. The molecule has 0 spiro atoms. The molecule has 106 valence electrons. The van der Waals surface area contributed by atoms with Crippen molar-refractivity contribution in [3.63, 3.8) is 0 Å². The molecule has 0 fully saturated rings. The second-order valence-corrected chi connectivity index (χ2v) is 6.79. The first-order valence-electron chi connectivity index (χ1n) is 6.04. The van der Waals surface area contributed by atoms with E-state index in [1.54, 1.807) is 6.07 Å². The van der Waals surface area contributed by atoms with Crippen LogP contribution >= 0.6 is 22.7 Å². The Bertz CT molecular complexity index is 626. The average molecular weight is 309 g/mol. The molecule has 0 saturated heterocycles. The van der Waals surface area contributed by atoms with Gasteiger partial charge in [-0.1, -0.05) is 0 Å². The number of nitrogens with one attached hydrogen (secondary N) is 2. The number of thiophene rings is 1. The highest BCUT2D eigenvalue weighted by molar-refractivity contribution is 7.15. The number of rotatable bonds is 4. The number of carbonyl (C=O) groups excluding carboxylic acids is 2. The van der Waals surface area contributed by atoms with Crippen LogP contribution in [0.3, 0.4) is 0 Å². The third-order valence-electron chi connectivity index (χ3n) is 2.65. The predicted molar refractivity (Wildman–Crippen MR) is 81.6 cm³/mol. The van der Waals surface area contributed by atoms with Crippen molar-refractivity contribution >= 4 is 39.6 Å². The smallest absolute Gasteiger partial charge is 0.261 e. The van der Waals surface area contributed by atoms with E-state index in [0.29, 0.717) is 10.0 Å². The van der Waals surface area contributed by atoms with Gasteiger partial charge in [0.05, 0.1) is 17.1 Å². The number of thiazole rings is 1. The highest BCUT2D eigenvalue weighted by Crippen LogP contribution is 2.20. The summed E-state index contributed by atoms with van der Waals surface area (Å²) in [5.74, 6) is -0.509. The Morgan fingerprint density at radius 3 is 2.50 bits per heavy atom. The van der Waals surface area contributed by atoms with Crippen LogP contribution in [0.2, 0.25) is 0 Å². The minimum Gasteiger partial charge on any atom is -0.342 e. The zero-order chi connectivity index (χ0) is 14.7. The van der Waals surface area contributed by atoms with E-state index in [9.17, 15) is 9.59 Å². The molecule has 2 rings (SSSR count). The van der Waals surface area contributed by atoms with Gasteiger partial charge >= 0.3 is 0 Å². The van der Waals surface area contributed by atoms with Crippen molar-refractivity contribution in [3.8, 4) is 0 Å². The summed E-state index contributed by atoms with van der Waals surface area (Å²) in [6.07, 6.45) is 0. The van der Waals surface area contributed by atoms with E-state index >= 15 is 0 Å². The SMILES string of the molecule is Cc1ccc(C(=O)NCC(=O)Nc2nc(C)c(C)s2)s1. The van der Waals surface area contributed by atoms with Crippen molar-refractivity contribution in [2.75, 3.05) is 11.9 Å². The monoisotopic (exact) mass is 309 g/mol. The first kappa shape index (κ1) is 14.7. The second kappa shape index (κ2) is 6.15. The number of hydrogen-bond donors (Lipinski definition) is 2. The lowest BCUT2D eigenvalue weighted by atomic mass is 10.4. The minimum absolute atomic E-state index is 0.0620. The molecule has 2 aromatic heterocycles. The van der Waals surface area contributed by atoms with Crippen LogP contribution in [-0.2, 0) is 4.79 Å². The molecule has 5 nitrogen and oxygen atoms in total. The Balaban J connectivity index is 1.84. The van der Waals surface area contributed by atoms with Crippen LogP contribution < -0.4 is 10.6 Å². The van der Waals surface area contributed by atoms with Gasteiger partial charge in [-0.25, -0.2) is 4.98 Å². The summed E-state index contributed by atoms with van der Waals surface area (Å²) in [4.78, 5) is 30.5. The fraction of sp³-hybridized carbons (Fsp3) is 0.308.